The lowest BCUT2D eigenvalue weighted by atomic mass is 10.2. The van der Waals surface area contributed by atoms with Gasteiger partial charge in [0, 0.05) is 37.3 Å². The second-order valence-electron chi connectivity index (χ2n) is 5.12. The molecule has 0 atom stereocenters. The first-order chi connectivity index (χ1) is 9.49. The number of likely N-dealkylation sites (N-methyl/N-ethyl adjacent to an activating group) is 1. The summed E-state index contributed by atoms with van der Waals surface area (Å²) in [5.41, 5.74) is 1.27. The number of benzene rings is 1. The number of hydrogen-bond donors (Lipinski definition) is 1. The standard InChI is InChI=1S/C15H25N3OS/c1-13-5-7-14(8-6-13)20-12-11-18(4)15(19)16-9-10-17(2)3/h5-8H,9-12H2,1-4H3,(H,16,19). The monoisotopic (exact) mass is 295 g/mol. The molecule has 4 nitrogen and oxygen atoms in total. The van der Waals surface area contributed by atoms with E-state index >= 15 is 0 Å². The Kier molecular flexibility index (Phi) is 7.47. The van der Waals surface area contributed by atoms with E-state index in [2.05, 4.69) is 36.5 Å². The second-order valence-corrected chi connectivity index (χ2v) is 6.29. The zero-order valence-corrected chi connectivity index (χ0v) is 13.7. The number of thioether (sulfide) groups is 1. The van der Waals surface area contributed by atoms with Gasteiger partial charge in [0.25, 0.3) is 0 Å². The Morgan fingerprint density at radius 3 is 2.40 bits per heavy atom. The fraction of sp³-hybridized carbons (Fsp3) is 0.533. The maximum absolute atomic E-state index is 11.8. The normalized spacial score (nSPS) is 10.7. The Balaban J connectivity index is 2.20. The van der Waals surface area contributed by atoms with Gasteiger partial charge >= 0.3 is 6.03 Å². The van der Waals surface area contributed by atoms with Crippen molar-refractivity contribution >= 4 is 17.8 Å². The van der Waals surface area contributed by atoms with Gasteiger partial charge in [-0.1, -0.05) is 17.7 Å². The molecule has 0 aliphatic rings. The van der Waals surface area contributed by atoms with Crippen molar-refractivity contribution in [2.45, 2.75) is 11.8 Å². The van der Waals surface area contributed by atoms with Gasteiger partial charge < -0.3 is 15.1 Å². The van der Waals surface area contributed by atoms with Crippen LogP contribution < -0.4 is 5.32 Å². The van der Waals surface area contributed by atoms with Crippen LogP contribution in [0.4, 0.5) is 4.79 Å². The minimum absolute atomic E-state index is 0.00337. The third-order valence-corrected chi connectivity index (χ3v) is 3.89. The van der Waals surface area contributed by atoms with E-state index in [0.29, 0.717) is 6.54 Å². The number of carbonyl (C=O) groups is 1. The molecule has 0 spiro atoms. The van der Waals surface area contributed by atoms with Gasteiger partial charge in [0.1, 0.15) is 0 Å². The van der Waals surface area contributed by atoms with Crippen molar-refractivity contribution in [3.63, 3.8) is 0 Å². The molecular formula is C15H25N3OS. The smallest absolute Gasteiger partial charge is 0.317 e. The minimum Gasteiger partial charge on any atom is -0.337 e. The molecule has 0 bridgehead atoms. The van der Waals surface area contributed by atoms with Crippen molar-refractivity contribution in [1.82, 2.24) is 15.1 Å². The highest BCUT2D eigenvalue weighted by atomic mass is 32.2. The molecule has 0 saturated carbocycles. The van der Waals surface area contributed by atoms with E-state index in [1.807, 2.05) is 26.0 Å². The number of nitrogens with one attached hydrogen (secondary N) is 1. The average Bonchev–Trinajstić information content (AvgIpc) is 2.40. The summed E-state index contributed by atoms with van der Waals surface area (Å²) in [7, 11) is 5.82. The third kappa shape index (κ3) is 6.82. The number of hydrogen-bond acceptors (Lipinski definition) is 3. The van der Waals surface area contributed by atoms with E-state index in [1.54, 1.807) is 16.7 Å². The van der Waals surface area contributed by atoms with E-state index < -0.39 is 0 Å². The molecule has 1 rings (SSSR count). The molecule has 0 aliphatic heterocycles. The molecule has 0 radical (unpaired) electrons. The van der Waals surface area contributed by atoms with Crippen LogP contribution in [0.2, 0.25) is 0 Å². The van der Waals surface area contributed by atoms with E-state index in [1.165, 1.54) is 10.5 Å². The summed E-state index contributed by atoms with van der Waals surface area (Å²) in [4.78, 5) is 16.8. The summed E-state index contributed by atoms with van der Waals surface area (Å²) in [6.45, 7) is 4.37. The summed E-state index contributed by atoms with van der Waals surface area (Å²) in [6.07, 6.45) is 0. The van der Waals surface area contributed by atoms with Gasteiger partial charge in [-0.2, -0.15) is 0 Å². The lowest BCUT2D eigenvalue weighted by Crippen LogP contribution is -2.41. The van der Waals surface area contributed by atoms with Crippen LogP contribution in [0.1, 0.15) is 5.56 Å². The van der Waals surface area contributed by atoms with Gasteiger partial charge in [0.2, 0.25) is 0 Å². The van der Waals surface area contributed by atoms with E-state index in [9.17, 15) is 4.79 Å². The van der Waals surface area contributed by atoms with Crippen LogP contribution in [0.5, 0.6) is 0 Å². The molecule has 20 heavy (non-hydrogen) atoms. The molecule has 1 N–H and O–H groups in total. The number of rotatable bonds is 7. The Labute approximate surface area is 126 Å². The first-order valence-corrected chi connectivity index (χ1v) is 7.81. The minimum atomic E-state index is -0.00337. The largest absolute Gasteiger partial charge is 0.337 e. The van der Waals surface area contributed by atoms with Crippen molar-refractivity contribution in [3.05, 3.63) is 29.8 Å². The zero-order valence-electron chi connectivity index (χ0n) is 12.8. The fourth-order valence-electron chi connectivity index (χ4n) is 1.56. The molecule has 0 aliphatic carbocycles. The number of aryl methyl sites for hydroxylation is 1. The summed E-state index contributed by atoms with van der Waals surface area (Å²) in [5, 5.41) is 2.91. The van der Waals surface area contributed by atoms with E-state index in [0.717, 1.165) is 18.8 Å². The molecule has 0 aromatic heterocycles. The molecule has 1 aromatic rings. The Hall–Kier alpha value is -1.20. The summed E-state index contributed by atoms with van der Waals surface area (Å²) in [6, 6.07) is 8.46. The number of carbonyl (C=O) groups excluding carboxylic acids is 1. The molecule has 0 heterocycles. The highest BCUT2D eigenvalue weighted by Gasteiger charge is 2.07. The van der Waals surface area contributed by atoms with Crippen LogP contribution in [0, 0.1) is 6.92 Å². The molecule has 112 valence electrons. The summed E-state index contributed by atoms with van der Waals surface area (Å²) in [5.74, 6) is 0.903. The van der Waals surface area contributed by atoms with E-state index in [-0.39, 0.29) is 6.03 Å². The van der Waals surface area contributed by atoms with Gasteiger partial charge in [0.15, 0.2) is 0 Å². The Morgan fingerprint density at radius 1 is 1.15 bits per heavy atom. The van der Waals surface area contributed by atoms with Crippen LogP contribution in [-0.4, -0.2) is 62.4 Å². The molecule has 0 saturated heterocycles. The average molecular weight is 295 g/mol. The first kappa shape index (κ1) is 16.9. The predicted molar refractivity (Wildman–Crippen MR) is 86.5 cm³/mol. The maximum Gasteiger partial charge on any atom is 0.317 e. The van der Waals surface area contributed by atoms with Gasteiger partial charge in [-0.3, -0.25) is 0 Å². The van der Waals surface area contributed by atoms with Crippen LogP contribution >= 0.6 is 11.8 Å². The number of nitrogens with zero attached hydrogens (tertiary/aromatic N) is 2. The first-order valence-electron chi connectivity index (χ1n) is 6.82. The maximum atomic E-state index is 11.8. The lowest BCUT2D eigenvalue weighted by molar-refractivity contribution is 0.210. The second kappa shape index (κ2) is 8.87. The van der Waals surface area contributed by atoms with Crippen molar-refractivity contribution < 1.29 is 4.79 Å². The van der Waals surface area contributed by atoms with Crippen molar-refractivity contribution in [2.75, 3.05) is 46.5 Å². The Morgan fingerprint density at radius 2 is 1.80 bits per heavy atom. The highest BCUT2D eigenvalue weighted by molar-refractivity contribution is 7.99. The lowest BCUT2D eigenvalue weighted by Gasteiger charge is -2.18. The Bertz CT molecular complexity index is 406. The van der Waals surface area contributed by atoms with E-state index in [4.69, 9.17) is 0 Å². The zero-order chi connectivity index (χ0) is 15.0. The molecular weight excluding hydrogens is 270 g/mol. The molecule has 5 heteroatoms. The van der Waals surface area contributed by atoms with Gasteiger partial charge in [-0.15, -0.1) is 11.8 Å². The van der Waals surface area contributed by atoms with Gasteiger partial charge in [-0.05, 0) is 33.2 Å². The summed E-state index contributed by atoms with van der Waals surface area (Å²) < 4.78 is 0. The summed E-state index contributed by atoms with van der Waals surface area (Å²) >= 11 is 1.77. The number of urea groups is 1. The van der Waals surface area contributed by atoms with Crippen LogP contribution in [0.15, 0.2) is 29.2 Å². The van der Waals surface area contributed by atoms with Crippen LogP contribution in [0.3, 0.4) is 0 Å². The van der Waals surface area contributed by atoms with Crippen molar-refractivity contribution in [1.29, 1.82) is 0 Å². The molecule has 1 aromatic carbocycles. The van der Waals surface area contributed by atoms with Crippen molar-refractivity contribution in [2.24, 2.45) is 0 Å². The molecule has 2 amide bonds. The number of amides is 2. The van der Waals surface area contributed by atoms with Crippen LogP contribution in [0.25, 0.3) is 0 Å². The fourth-order valence-corrected chi connectivity index (χ4v) is 2.49. The third-order valence-electron chi connectivity index (χ3n) is 2.90. The topological polar surface area (TPSA) is 35.6 Å². The van der Waals surface area contributed by atoms with Crippen molar-refractivity contribution in [3.8, 4) is 0 Å². The quantitative estimate of drug-likeness (QED) is 0.784. The predicted octanol–water partition coefficient (Wildman–Crippen LogP) is 2.29. The molecule has 0 unspecified atom stereocenters. The van der Waals surface area contributed by atoms with Gasteiger partial charge in [0.05, 0.1) is 0 Å². The molecule has 0 fully saturated rings. The SMILES string of the molecule is Cc1ccc(SCCN(C)C(=O)NCCN(C)C)cc1. The highest BCUT2D eigenvalue weighted by Crippen LogP contribution is 2.17. The van der Waals surface area contributed by atoms with Gasteiger partial charge in [-0.25, -0.2) is 4.79 Å². The van der Waals surface area contributed by atoms with Crippen LogP contribution in [-0.2, 0) is 0 Å².